The second-order valence-corrected chi connectivity index (χ2v) is 4.68. The smallest absolute Gasteiger partial charge is 0.278 e. The predicted molar refractivity (Wildman–Crippen MR) is 74.4 cm³/mol. The van der Waals surface area contributed by atoms with E-state index < -0.39 is 0 Å². The molecule has 0 aliphatic rings. The molecule has 0 aliphatic carbocycles. The average Bonchev–Trinajstić information content (AvgIpc) is 2.76. The summed E-state index contributed by atoms with van der Waals surface area (Å²) in [6.45, 7) is 0. The highest BCUT2D eigenvalue weighted by molar-refractivity contribution is 6.42. The molecule has 2 heterocycles. The monoisotopic (exact) mass is 295 g/mol. The Morgan fingerprint density at radius 3 is 2.63 bits per heavy atom. The number of nitrogen functional groups attached to an aromatic ring is 1. The van der Waals surface area contributed by atoms with Gasteiger partial charge < -0.3 is 10.7 Å². The Labute approximate surface area is 116 Å². The van der Waals surface area contributed by atoms with Gasteiger partial charge in [0.25, 0.3) is 5.56 Å². The molecule has 0 unspecified atom stereocenters. The minimum absolute atomic E-state index is 0.0182. The Morgan fingerprint density at radius 1 is 1.11 bits per heavy atom. The lowest BCUT2D eigenvalue weighted by Gasteiger charge is -1.98. The summed E-state index contributed by atoms with van der Waals surface area (Å²) < 4.78 is 0. The fourth-order valence-electron chi connectivity index (χ4n) is 1.70. The van der Waals surface area contributed by atoms with Crippen LogP contribution in [0.25, 0.3) is 22.6 Å². The first-order valence-corrected chi connectivity index (χ1v) is 6.01. The van der Waals surface area contributed by atoms with E-state index in [1.165, 1.54) is 0 Å². The Bertz CT molecular complexity index is 839. The van der Waals surface area contributed by atoms with Crippen LogP contribution in [0.1, 0.15) is 0 Å². The molecular weight excluding hydrogens is 289 g/mol. The van der Waals surface area contributed by atoms with Crippen LogP contribution in [0.3, 0.4) is 0 Å². The number of hydrogen-bond acceptors (Lipinski definition) is 4. The molecule has 0 spiro atoms. The SMILES string of the molecule is Nc1nc2nc(-c3ccc(Cl)c(Cl)c3)[nH]c2c(=O)[nH]1. The van der Waals surface area contributed by atoms with Crippen molar-refractivity contribution in [3.63, 3.8) is 0 Å². The highest BCUT2D eigenvalue weighted by atomic mass is 35.5. The van der Waals surface area contributed by atoms with E-state index in [4.69, 9.17) is 28.9 Å². The molecule has 1 aromatic carbocycles. The van der Waals surface area contributed by atoms with Crippen molar-refractivity contribution < 1.29 is 0 Å². The van der Waals surface area contributed by atoms with Crippen molar-refractivity contribution >= 4 is 40.3 Å². The number of H-pyrrole nitrogens is 2. The maximum atomic E-state index is 11.7. The van der Waals surface area contributed by atoms with Crippen LogP contribution in [0, 0.1) is 0 Å². The molecule has 0 saturated carbocycles. The lowest BCUT2D eigenvalue weighted by molar-refractivity contribution is 1.17. The molecule has 0 fully saturated rings. The largest absolute Gasteiger partial charge is 0.369 e. The molecule has 4 N–H and O–H groups in total. The molecular formula is C11H7Cl2N5O. The van der Waals surface area contributed by atoms with E-state index in [0.717, 1.165) is 0 Å². The summed E-state index contributed by atoms with van der Waals surface area (Å²) in [5.74, 6) is 0.488. The zero-order valence-electron chi connectivity index (χ0n) is 9.37. The first-order valence-electron chi connectivity index (χ1n) is 5.25. The number of fused-ring (bicyclic) bond motifs is 1. The standard InChI is InChI=1S/C11H7Cl2N5O/c12-5-2-1-4(3-6(5)13)8-15-7-9(16-8)17-11(14)18-10(7)19/h1-3H,(H4,14,15,16,17,18,19). The molecule has 3 rings (SSSR count). The van der Waals surface area contributed by atoms with Crippen LogP contribution in [0.4, 0.5) is 5.95 Å². The van der Waals surface area contributed by atoms with Crippen LogP contribution >= 0.6 is 23.2 Å². The number of nitrogens with one attached hydrogen (secondary N) is 2. The maximum absolute atomic E-state index is 11.7. The number of nitrogens with zero attached hydrogens (tertiary/aromatic N) is 2. The number of anilines is 1. The molecule has 0 amide bonds. The lowest BCUT2D eigenvalue weighted by Crippen LogP contribution is -2.10. The molecule has 96 valence electrons. The normalized spacial score (nSPS) is 11.1. The topological polar surface area (TPSA) is 100 Å². The van der Waals surface area contributed by atoms with Crippen molar-refractivity contribution in [2.45, 2.75) is 0 Å². The van der Waals surface area contributed by atoms with E-state index in [-0.39, 0.29) is 22.7 Å². The Kier molecular flexibility index (Phi) is 2.69. The Morgan fingerprint density at radius 2 is 1.89 bits per heavy atom. The Hall–Kier alpha value is -2.05. The average molecular weight is 296 g/mol. The molecule has 0 radical (unpaired) electrons. The highest BCUT2D eigenvalue weighted by Crippen LogP contribution is 2.27. The molecule has 6 nitrogen and oxygen atoms in total. The van der Waals surface area contributed by atoms with E-state index >= 15 is 0 Å². The molecule has 3 aromatic rings. The van der Waals surface area contributed by atoms with Gasteiger partial charge in [0.1, 0.15) is 5.82 Å². The zero-order chi connectivity index (χ0) is 13.6. The van der Waals surface area contributed by atoms with Gasteiger partial charge in [-0.25, -0.2) is 4.98 Å². The second kappa shape index (κ2) is 4.25. The molecule has 0 saturated heterocycles. The van der Waals surface area contributed by atoms with Crippen LogP contribution in [0.5, 0.6) is 0 Å². The van der Waals surface area contributed by atoms with E-state index in [0.29, 0.717) is 21.4 Å². The number of nitrogens with two attached hydrogens (primary N) is 1. The van der Waals surface area contributed by atoms with Crippen molar-refractivity contribution in [3.05, 3.63) is 38.6 Å². The summed E-state index contributed by atoms with van der Waals surface area (Å²) in [4.78, 5) is 25.1. The van der Waals surface area contributed by atoms with Gasteiger partial charge >= 0.3 is 0 Å². The van der Waals surface area contributed by atoms with E-state index in [1.807, 2.05) is 0 Å². The number of aromatic amines is 2. The second-order valence-electron chi connectivity index (χ2n) is 3.86. The predicted octanol–water partition coefficient (Wildman–Crippen LogP) is 2.20. The summed E-state index contributed by atoms with van der Waals surface area (Å²) >= 11 is 11.8. The summed E-state index contributed by atoms with van der Waals surface area (Å²) in [7, 11) is 0. The summed E-state index contributed by atoms with van der Waals surface area (Å²) in [5, 5.41) is 0.850. The molecule has 2 aromatic heterocycles. The first kappa shape index (κ1) is 12.0. The van der Waals surface area contributed by atoms with Gasteiger partial charge in [0.15, 0.2) is 11.2 Å². The quantitative estimate of drug-likeness (QED) is 0.640. The third-order valence-corrected chi connectivity index (χ3v) is 3.31. The minimum atomic E-state index is -0.374. The van der Waals surface area contributed by atoms with Crippen LogP contribution in [0.15, 0.2) is 23.0 Å². The highest BCUT2D eigenvalue weighted by Gasteiger charge is 2.11. The lowest BCUT2D eigenvalue weighted by atomic mass is 10.2. The fourth-order valence-corrected chi connectivity index (χ4v) is 2.00. The van der Waals surface area contributed by atoms with Crippen LogP contribution in [0.2, 0.25) is 10.0 Å². The minimum Gasteiger partial charge on any atom is -0.369 e. The van der Waals surface area contributed by atoms with Gasteiger partial charge in [0.2, 0.25) is 5.95 Å². The summed E-state index contributed by atoms with van der Waals surface area (Å²) in [6.07, 6.45) is 0. The fraction of sp³-hybridized carbons (Fsp3) is 0. The van der Waals surface area contributed by atoms with E-state index in [1.54, 1.807) is 18.2 Å². The molecule has 0 atom stereocenters. The van der Waals surface area contributed by atoms with Gasteiger partial charge in [-0.05, 0) is 18.2 Å². The van der Waals surface area contributed by atoms with Gasteiger partial charge in [-0.15, -0.1) is 0 Å². The molecule has 0 aliphatic heterocycles. The van der Waals surface area contributed by atoms with Crippen molar-refractivity contribution in [2.75, 3.05) is 5.73 Å². The maximum Gasteiger partial charge on any atom is 0.278 e. The molecule has 19 heavy (non-hydrogen) atoms. The van der Waals surface area contributed by atoms with E-state index in [9.17, 15) is 4.79 Å². The molecule has 8 heteroatoms. The number of rotatable bonds is 1. The number of aromatic nitrogens is 4. The van der Waals surface area contributed by atoms with Gasteiger partial charge in [-0.3, -0.25) is 9.78 Å². The number of benzene rings is 1. The van der Waals surface area contributed by atoms with E-state index in [2.05, 4.69) is 19.9 Å². The van der Waals surface area contributed by atoms with Crippen LogP contribution in [-0.2, 0) is 0 Å². The third kappa shape index (κ3) is 2.05. The number of hydrogen-bond donors (Lipinski definition) is 3. The van der Waals surface area contributed by atoms with Gasteiger partial charge in [0.05, 0.1) is 10.0 Å². The zero-order valence-corrected chi connectivity index (χ0v) is 10.9. The third-order valence-electron chi connectivity index (χ3n) is 2.57. The van der Waals surface area contributed by atoms with Crippen molar-refractivity contribution in [1.82, 2.24) is 19.9 Å². The van der Waals surface area contributed by atoms with Crippen molar-refractivity contribution in [1.29, 1.82) is 0 Å². The number of imidazole rings is 1. The van der Waals surface area contributed by atoms with Gasteiger partial charge in [0, 0.05) is 5.56 Å². The van der Waals surface area contributed by atoms with Gasteiger partial charge in [-0.1, -0.05) is 23.2 Å². The number of halogens is 2. The summed E-state index contributed by atoms with van der Waals surface area (Å²) in [5.41, 5.74) is 6.29. The summed E-state index contributed by atoms with van der Waals surface area (Å²) in [6, 6.07) is 5.04. The van der Waals surface area contributed by atoms with Crippen molar-refractivity contribution in [2.24, 2.45) is 0 Å². The van der Waals surface area contributed by atoms with Crippen LogP contribution < -0.4 is 11.3 Å². The van der Waals surface area contributed by atoms with Crippen molar-refractivity contribution in [3.8, 4) is 11.4 Å². The molecule has 0 bridgehead atoms. The van der Waals surface area contributed by atoms with Gasteiger partial charge in [-0.2, -0.15) is 4.98 Å². The van der Waals surface area contributed by atoms with Crippen LogP contribution in [-0.4, -0.2) is 19.9 Å². The first-order chi connectivity index (χ1) is 9.04. The Balaban J connectivity index is 2.23.